The Morgan fingerprint density at radius 2 is 2.30 bits per heavy atom. The molecule has 2 amide bonds. The summed E-state index contributed by atoms with van der Waals surface area (Å²) in [5.74, 6) is -0.396. The van der Waals surface area contributed by atoms with Crippen LogP contribution in [0.3, 0.4) is 0 Å². The highest BCUT2D eigenvalue weighted by atomic mass is 35.5. The van der Waals surface area contributed by atoms with Crippen molar-refractivity contribution in [2.45, 2.75) is 18.9 Å². The summed E-state index contributed by atoms with van der Waals surface area (Å²) in [7, 11) is 0. The molecule has 128 valence electrons. The van der Waals surface area contributed by atoms with Crippen molar-refractivity contribution in [1.29, 1.82) is 0 Å². The maximum atomic E-state index is 12.4. The molecule has 0 radical (unpaired) electrons. The lowest BCUT2D eigenvalue weighted by atomic mass is 10.1. The van der Waals surface area contributed by atoms with E-state index in [0.29, 0.717) is 26.1 Å². The summed E-state index contributed by atoms with van der Waals surface area (Å²) in [5.41, 5.74) is 0.906. The third kappa shape index (κ3) is 6.11. The van der Waals surface area contributed by atoms with E-state index < -0.39 is 12.7 Å². The van der Waals surface area contributed by atoms with Crippen LogP contribution in [0.5, 0.6) is 0 Å². The number of carbonyl (C=O) groups excluding carboxylic acids is 2. The maximum Gasteiger partial charge on any atom is 0.240 e. The van der Waals surface area contributed by atoms with Crippen LogP contribution in [0.4, 0.5) is 4.39 Å². The quantitative estimate of drug-likeness (QED) is 0.747. The van der Waals surface area contributed by atoms with E-state index in [0.717, 1.165) is 5.69 Å². The Morgan fingerprint density at radius 1 is 1.48 bits per heavy atom. The van der Waals surface area contributed by atoms with Gasteiger partial charge in [-0.05, 0) is 12.1 Å². The van der Waals surface area contributed by atoms with E-state index in [4.69, 9.17) is 0 Å². The lowest BCUT2D eigenvalue weighted by Gasteiger charge is -2.32. The monoisotopic (exact) mass is 344 g/mol. The van der Waals surface area contributed by atoms with Crippen LogP contribution >= 0.6 is 12.4 Å². The summed E-state index contributed by atoms with van der Waals surface area (Å²) in [6, 6.07) is 5.07. The Bertz CT molecular complexity index is 502. The Morgan fingerprint density at radius 3 is 3.00 bits per heavy atom. The van der Waals surface area contributed by atoms with E-state index >= 15 is 0 Å². The average Bonchev–Trinajstić information content (AvgIpc) is 2.52. The summed E-state index contributed by atoms with van der Waals surface area (Å²) in [4.78, 5) is 29.6. The number of pyridine rings is 1. The second kappa shape index (κ2) is 10.1. The standard InChI is InChI=1S/C15H21FN4O2.ClH/c16-5-9-20-10-8-18-13(15(20)22)11-14(21)19-7-4-12-3-1-2-6-17-12;/h1-3,6,13,18H,4-5,7-11H2,(H,19,21);1H. The summed E-state index contributed by atoms with van der Waals surface area (Å²) < 4.78 is 12.4. The molecular formula is C15H22ClFN4O2. The van der Waals surface area contributed by atoms with Crippen LogP contribution < -0.4 is 10.6 Å². The molecule has 8 heteroatoms. The van der Waals surface area contributed by atoms with Crippen molar-refractivity contribution in [3.8, 4) is 0 Å². The van der Waals surface area contributed by atoms with E-state index in [1.54, 1.807) is 6.20 Å². The lowest BCUT2D eigenvalue weighted by Crippen LogP contribution is -2.56. The highest BCUT2D eigenvalue weighted by Gasteiger charge is 2.29. The fourth-order valence-corrected chi connectivity index (χ4v) is 2.41. The molecule has 0 bridgehead atoms. The molecule has 2 rings (SSSR count). The first-order valence-corrected chi connectivity index (χ1v) is 7.45. The van der Waals surface area contributed by atoms with Crippen molar-refractivity contribution in [1.82, 2.24) is 20.5 Å². The van der Waals surface area contributed by atoms with E-state index in [1.165, 1.54) is 4.90 Å². The Balaban J connectivity index is 0.00000264. The van der Waals surface area contributed by atoms with E-state index in [-0.39, 0.29) is 37.2 Å². The molecule has 2 N–H and O–H groups in total. The number of amides is 2. The molecule has 23 heavy (non-hydrogen) atoms. The summed E-state index contributed by atoms with van der Waals surface area (Å²) in [6.45, 7) is 1.08. The molecule has 1 saturated heterocycles. The average molecular weight is 345 g/mol. The zero-order chi connectivity index (χ0) is 15.8. The number of hydrogen-bond donors (Lipinski definition) is 2. The van der Waals surface area contributed by atoms with Gasteiger partial charge in [-0.25, -0.2) is 4.39 Å². The van der Waals surface area contributed by atoms with Crippen LogP contribution in [0.1, 0.15) is 12.1 Å². The van der Waals surface area contributed by atoms with Gasteiger partial charge >= 0.3 is 0 Å². The molecule has 1 aromatic rings. The van der Waals surface area contributed by atoms with E-state index in [1.807, 2.05) is 18.2 Å². The Hall–Kier alpha value is -1.73. The number of alkyl halides is 1. The van der Waals surface area contributed by atoms with Gasteiger partial charge in [-0.1, -0.05) is 6.07 Å². The molecule has 6 nitrogen and oxygen atoms in total. The molecule has 1 aliphatic heterocycles. The Kier molecular flexibility index (Phi) is 8.50. The number of halogens is 2. The highest BCUT2D eigenvalue weighted by molar-refractivity contribution is 5.88. The van der Waals surface area contributed by atoms with Crippen LogP contribution in [-0.2, 0) is 16.0 Å². The van der Waals surface area contributed by atoms with Gasteiger partial charge < -0.3 is 15.5 Å². The molecule has 0 saturated carbocycles. The second-order valence-corrected chi connectivity index (χ2v) is 5.15. The van der Waals surface area contributed by atoms with Crippen molar-refractivity contribution in [3.05, 3.63) is 30.1 Å². The number of nitrogens with one attached hydrogen (secondary N) is 2. The summed E-state index contributed by atoms with van der Waals surface area (Å²) in [6.07, 6.45) is 2.43. The topological polar surface area (TPSA) is 74.3 Å². The zero-order valence-corrected chi connectivity index (χ0v) is 13.7. The predicted octanol–water partition coefficient (Wildman–Crippen LogP) is 0.322. The molecule has 0 aromatic carbocycles. The molecule has 0 aliphatic carbocycles. The smallest absolute Gasteiger partial charge is 0.240 e. The fourth-order valence-electron chi connectivity index (χ4n) is 2.41. The van der Waals surface area contributed by atoms with Crippen LogP contribution in [0.15, 0.2) is 24.4 Å². The number of aromatic nitrogens is 1. The molecule has 2 heterocycles. The molecule has 1 aliphatic rings. The second-order valence-electron chi connectivity index (χ2n) is 5.15. The third-order valence-corrected chi connectivity index (χ3v) is 3.56. The number of carbonyl (C=O) groups is 2. The minimum absolute atomic E-state index is 0. The number of hydrogen-bond acceptors (Lipinski definition) is 4. The third-order valence-electron chi connectivity index (χ3n) is 3.56. The predicted molar refractivity (Wildman–Crippen MR) is 87.2 cm³/mol. The molecule has 1 unspecified atom stereocenters. The van der Waals surface area contributed by atoms with Gasteiger partial charge in [0, 0.05) is 44.5 Å². The molecule has 1 aromatic heterocycles. The van der Waals surface area contributed by atoms with Crippen molar-refractivity contribution in [3.63, 3.8) is 0 Å². The lowest BCUT2D eigenvalue weighted by molar-refractivity contribution is -0.138. The molecular weight excluding hydrogens is 323 g/mol. The first-order chi connectivity index (χ1) is 10.7. The highest BCUT2D eigenvalue weighted by Crippen LogP contribution is 2.05. The van der Waals surface area contributed by atoms with Crippen molar-refractivity contribution in [2.75, 3.05) is 32.9 Å². The zero-order valence-electron chi connectivity index (χ0n) is 12.8. The molecule has 1 fully saturated rings. The van der Waals surface area contributed by atoms with Gasteiger partial charge in [0.05, 0.1) is 12.5 Å². The normalized spacial score (nSPS) is 17.5. The van der Waals surface area contributed by atoms with E-state index in [2.05, 4.69) is 15.6 Å². The SMILES string of the molecule is Cl.O=C(CC1NCCN(CCF)C1=O)NCCc1ccccn1. The molecule has 0 spiro atoms. The first-order valence-electron chi connectivity index (χ1n) is 7.45. The molecule has 1 atom stereocenters. The van der Waals surface area contributed by atoms with Crippen LogP contribution in [-0.4, -0.2) is 60.6 Å². The van der Waals surface area contributed by atoms with Crippen LogP contribution in [0, 0.1) is 0 Å². The van der Waals surface area contributed by atoms with Gasteiger partial charge in [0.15, 0.2) is 0 Å². The van der Waals surface area contributed by atoms with Crippen molar-refractivity contribution < 1.29 is 14.0 Å². The van der Waals surface area contributed by atoms with Crippen LogP contribution in [0.25, 0.3) is 0 Å². The number of rotatable bonds is 7. The maximum absolute atomic E-state index is 12.4. The fraction of sp³-hybridized carbons (Fsp3) is 0.533. The minimum atomic E-state index is -0.561. The van der Waals surface area contributed by atoms with Gasteiger partial charge in [0.2, 0.25) is 11.8 Å². The van der Waals surface area contributed by atoms with Crippen molar-refractivity contribution >= 4 is 24.2 Å². The Labute approximate surface area is 141 Å². The van der Waals surface area contributed by atoms with Crippen LogP contribution in [0.2, 0.25) is 0 Å². The van der Waals surface area contributed by atoms with Gasteiger partial charge in [-0.3, -0.25) is 14.6 Å². The minimum Gasteiger partial charge on any atom is -0.356 e. The van der Waals surface area contributed by atoms with Crippen molar-refractivity contribution in [2.24, 2.45) is 0 Å². The largest absolute Gasteiger partial charge is 0.356 e. The van der Waals surface area contributed by atoms with E-state index in [9.17, 15) is 14.0 Å². The summed E-state index contributed by atoms with van der Waals surface area (Å²) in [5, 5.41) is 5.79. The van der Waals surface area contributed by atoms with Gasteiger partial charge in [-0.15, -0.1) is 12.4 Å². The summed E-state index contributed by atoms with van der Waals surface area (Å²) >= 11 is 0. The number of nitrogens with zero attached hydrogens (tertiary/aromatic N) is 2. The first kappa shape index (κ1) is 19.3. The number of piperazine rings is 1. The van der Waals surface area contributed by atoms with Gasteiger partial charge in [0.1, 0.15) is 6.67 Å². The van der Waals surface area contributed by atoms with Gasteiger partial charge in [0.25, 0.3) is 0 Å². The van der Waals surface area contributed by atoms with Gasteiger partial charge in [-0.2, -0.15) is 0 Å².